The highest BCUT2D eigenvalue weighted by atomic mass is 16.2. The Labute approximate surface area is 186 Å². The number of carbonyl (C=O) groups is 1. The molecular formula is C28H32N2O. The summed E-state index contributed by atoms with van der Waals surface area (Å²) in [5, 5.41) is 0. The molecule has 0 saturated heterocycles. The summed E-state index contributed by atoms with van der Waals surface area (Å²) in [4.78, 5) is 17.7. The van der Waals surface area contributed by atoms with Gasteiger partial charge < -0.3 is 9.80 Å². The SMILES string of the molecule is CCCN(CC1CCc2ccccc2C1)C(=O)CN(c1ccccc1)c1ccccc1. The maximum absolute atomic E-state index is 13.5. The van der Waals surface area contributed by atoms with Crippen LogP contribution in [0.4, 0.5) is 11.4 Å². The molecule has 1 amide bonds. The van der Waals surface area contributed by atoms with Crippen molar-refractivity contribution in [2.75, 3.05) is 24.5 Å². The summed E-state index contributed by atoms with van der Waals surface area (Å²) >= 11 is 0. The fraction of sp³-hybridized carbons (Fsp3) is 0.321. The van der Waals surface area contributed by atoms with E-state index in [9.17, 15) is 4.79 Å². The van der Waals surface area contributed by atoms with E-state index in [1.807, 2.05) is 36.4 Å². The predicted octanol–water partition coefficient (Wildman–Crippen LogP) is 5.87. The molecule has 31 heavy (non-hydrogen) atoms. The van der Waals surface area contributed by atoms with E-state index in [0.29, 0.717) is 12.5 Å². The Bertz CT molecular complexity index is 931. The van der Waals surface area contributed by atoms with Crippen LogP contribution in [0.1, 0.15) is 30.9 Å². The largest absolute Gasteiger partial charge is 0.341 e. The Morgan fingerprint density at radius 1 is 0.839 bits per heavy atom. The molecule has 160 valence electrons. The van der Waals surface area contributed by atoms with E-state index in [1.54, 1.807) is 0 Å². The maximum atomic E-state index is 13.5. The zero-order valence-corrected chi connectivity index (χ0v) is 18.4. The summed E-state index contributed by atoms with van der Waals surface area (Å²) in [6, 6.07) is 29.2. The van der Waals surface area contributed by atoms with E-state index in [1.165, 1.54) is 11.1 Å². The van der Waals surface area contributed by atoms with Crippen molar-refractivity contribution in [1.29, 1.82) is 0 Å². The Kier molecular flexibility index (Phi) is 7.03. The third-order valence-electron chi connectivity index (χ3n) is 6.20. The Hall–Kier alpha value is -3.07. The lowest BCUT2D eigenvalue weighted by Crippen LogP contribution is -2.42. The smallest absolute Gasteiger partial charge is 0.242 e. The van der Waals surface area contributed by atoms with Gasteiger partial charge in [-0.3, -0.25) is 4.79 Å². The van der Waals surface area contributed by atoms with Crippen LogP contribution >= 0.6 is 0 Å². The molecule has 3 heteroatoms. The van der Waals surface area contributed by atoms with E-state index in [-0.39, 0.29) is 5.91 Å². The molecule has 0 spiro atoms. The predicted molar refractivity (Wildman–Crippen MR) is 129 cm³/mol. The molecule has 0 N–H and O–H groups in total. The Morgan fingerprint density at radius 2 is 1.42 bits per heavy atom. The molecule has 0 aromatic heterocycles. The topological polar surface area (TPSA) is 23.6 Å². The van der Waals surface area contributed by atoms with Crippen LogP contribution in [0.25, 0.3) is 0 Å². The maximum Gasteiger partial charge on any atom is 0.242 e. The third-order valence-corrected chi connectivity index (χ3v) is 6.20. The summed E-state index contributed by atoms with van der Waals surface area (Å²) in [6.07, 6.45) is 4.33. The number of aryl methyl sites for hydroxylation is 1. The number of fused-ring (bicyclic) bond motifs is 1. The van der Waals surface area contributed by atoms with Crippen molar-refractivity contribution in [3.8, 4) is 0 Å². The minimum Gasteiger partial charge on any atom is -0.341 e. The normalized spacial score (nSPS) is 15.2. The highest BCUT2D eigenvalue weighted by Gasteiger charge is 2.24. The molecule has 0 radical (unpaired) electrons. The summed E-state index contributed by atoms with van der Waals surface area (Å²) in [5.74, 6) is 0.737. The molecule has 1 aliphatic rings. The van der Waals surface area contributed by atoms with Gasteiger partial charge in [0.2, 0.25) is 5.91 Å². The average molecular weight is 413 g/mol. The molecular weight excluding hydrogens is 380 g/mol. The fourth-order valence-electron chi connectivity index (χ4n) is 4.61. The van der Waals surface area contributed by atoms with Crippen LogP contribution in [0.2, 0.25) is 0 Å². The minimum absolute atomic E-state index is 0.202. The molecule has 0 saturated carbocycles. The highest BCUT2D eigenvalue weighted by molar-refractivity contribution is 5.84. The molecule has 1 unspecified atom stereocenters. The van der Waals surface area contributed by atoms with Gasteiger partial charge >= 0.3 is 0 Å². The zero-order chi connectivity index (χ0) is 21.5. The molecule has 1 atom stereocenters. The van der Waals surface area contributed by atoms with Gasteiger partial charge in [0.1, 0.15) is 6.54 Å². The van der Waals surface area contributed by atoms with E-state index >= 15 is 0 Å². The van der Waals surface area contributed by atoms with E-state index < -0.39 is 0 Å². The van der Waals surface area contributed by atoms with Gasteiger partial charge in [0.05, 0.1) is 0 Å². The van der Waals surface area contributed by atoms with Gasteiger partial charge in [-0.15, -0.1) is 0 Å². The first-order valence-electron chi connectivity index (χ1n) is 11.5. The van der Waals surface area contributed by atoms with Crippen molar-refractivity contribution in [3.63, 3.8) is 0 Å². The molecule has 3 aromatic rings. The highest BCUT2D eigenvalue weighted by Crippen LogP contribution is 2.27. The lowest BCUT2D eigenvalue weighted by Gasteiger charge is -2.33. The first kappa shape index (κ1) is 21.2. The van der Waals surface area contributed by atoms with Crippen LogP contribution in [0.3, 0.4) is 0 Å². The van der Waals surface area contributed by atoms with Crippen molar-refractivity contribution in [3.05, 3.63) is 96.1 Å². The summed E-state index contributed by atoms with van der Waals surface area (Å²) in [6.45, 7) is 4.17. The molecule has 0 heterocycles. The Morgan fingerprint density at radius 3 is 2.03 bits per heavy atom. The third kappa shape index (κ3) is 5.35. The van der Waals surface area contributed by atoms with Gasteiger partial charge in [0.25, 0.3) is 0 Å². The van der Waals surface area contributed by atoms with Crippen LogP contribution in [0, 0.1) is 5.92 Å². The lowest BCUT2D eigenvalue weighted by molar-refractivity contribution is -0.130. The number of amides is 1. The number of anilines is 2. The van der Waals surface area contributed by atoms with Gasteiger partial charge in [-0.2, -0.15) is 0 Å². The van der Waals surface area contributed by atoms with E-state index in [4.69, 9.17) is 0 Å². The van der Waals surface area contributed by atoms with Gasteiger partial charge in [0, 0.05) is 24.5 Å². The van der Waals surface area contributed by atoms with Crippen molar-refractivity contribution < 1.29 is 4.79 Å². The lowest BCUT2D eigenvalue weighted by atomic mass is 9.83. The minimum atomic E-state index is 0.202. The molecule has 1 aliphatic carbocycles. The number of carbonyl (C=O) groups excluding carboxylic acids is 1. The average Bonchev–Trinajstić information content (AvgIpc) is 2.83. The Balaban J connectivity index is 1.49. The van der Waals surface area contributed by atoms with E-state index in [2.05, 4.69) is 65.3 Å². The van der Waals surface area contributed by atoms with Crippen molar-refractivity contribution >= 4 is 17.3 Å². The molecule has 0 aliphatic heterocycles. The number of hydrogen-bond acceptors (Lipinski definition) is 2. The van der Waals surface area contributed by atoms with Crippen LogP contribution in [0.5, 0.6) is 0 Å². The fourth-order valence-corrected chi connectivity index (χ4v) is 4.61. The summed E-state index contributed by atoms with van der Waals surface area (Å²) < 4.78 is 0. The molecule has 3 nitrogen and oxygen atoms in total. The summed E-state index contributed by atoms with van der Waals surface area (Å²) in [5.41, 5.74) is 5.03. The van der Waals surface area contributed by atoms with Crippen LogP contribution < -0.4 is 4.90 Å². The van der Waals surface area contributed by atoms with Crippen molar-refractivity contribution in [2.24, 2.45) is 5.92 Å². The van der Waals surface area contributed by atoms with Gasteiger partial charge in [-0.05, 0) is 67.0 Å². The first-order chi connectivity index (χ1) is 15.2. The number of para-hydroxylation sites is 2. The molecule has 4 rings (SSSR count). The van der Waals surface area contributed by atoms with Gasteiger partial charge in [-0.25, -0.2) is 0 Å². The van der Waals surface area contributed by atoms with Crippen LogP contribution in [-0.4, -0.2) is 30.4 Å². The van der Waals surface area contributed by atoms with Crippen molar-refractivity contribution in [2.45, 2.75) is 32.6 Å². The van der Waals surface area contributed by atoms with Crippen molar-refractivity contribution in [1.82, 2.24) is 4.90 Å². The van der Waals surface area contributed by atoms with Gasteiger partial charge in [0.15, 0.2) is 0 Å². The second-order valence-corrected chi connectivity index (χ2v) is 8.47. The number of rotatable bonds is 8. The standard InChI is InChI=1S/C28H32N2O/c1-2-19-29(21-23-17-18-24-11-9-10-12-25(24)20-23)28(31)22-30(26-13-5-3-6-14-26)27-15-7-4-8-16-27/h3-16,23H,2,17-22H2,1H3. The first-order valence-corrected chi connectivity index (χ1v) is 11.5. The second-order valence-electron chi connectivity index (χ2n) is 8.47. The van der Waals surface area contributed by atoms with Crippen LogP contribution in [0.15, 0.2) is 84.9 Å². The monoisotopic (exact) mass is 412 g/mol. The van der Waals surface area contributed by atoms with Gasteiger partial charge in [-0.1, -0.05) is 67.6 Å². The van der Waals surface area contributed by atoms with Crippen LogP contribution in [-0.2, 0) is 17.6 Å². The second kappa shape index (κ2) is 10.3. The molecule has 0 bridgehead atoms. The molecule has 0 fully saturated rings. The number of benzene rings is 3. The number of hydrogen-bond donors (Lipinski definition) is 0. The van der Waals surface area contributed by atoms with E-state index in [0.717, 1.165) is 50.1 Å². The zero-order valence-electron chi connectivity index (χ0n) is 18.4. The quantitative estimate of drug-likeness (QED) is 0.462. The summed E-state index contributed by atoms with van der Waals surface area (Å²) in [7, 11) is 0. The number of nitrogens with zero attached hydrogens (tertiary/aromatic N) is 2. The molecule has 3 aromatic carbocycles.